The molecule has 0 radical (unpaired) electrons. The van der Waals surface area contributed by atoms with E-state index in [4.69, 9.17) is 39.2 Å². The quantitative estimate of drug-likeness (QED) is 0.0460. The van der Waals surface area contributed by atoms with E-state index in [2.05, 4.69) is 62.7 Å². The summed E-state index contributed by atoms with van der Waals surface area (Å²) < 4.78 is 32.9. The average Bonchev–Trinajstić information content (AvgIpc) is 3.84. The molecule has 0 spiro atoms. The van der Waals surface area contributed by atoms with Crippen LogP contribution in [0.5, 0.6) is 34.5 Å². The van der Waals surface area contributed by atoms with Crippen molar-refractivity contribution in [2.45, 2.75) is 78.6 Å². The Hall–Kier alpha value is -11.6. The van der Waals surface area contributed by atoms with Crippen LogP contribution in [0.1, 0.15) is 111 Å². The van der Waals surface area contributed by atoms with Crippen LogP contribution in [0.4, 0.5) is 48.9 Å². The lowest BCUT2D eigenvalue weighted by Gasteiger charge is -2.12. The maximum atomic E-state index is 12.3. The Morgan fingerprint density at radius 1 is 0.398 bits per heavy atom. The highest BCUT2D eigenvalue weighted by Crippen LogP contribution is 2.30. The third-order valence-electron chi connectivity index (χ3n) is 11.8. The second-order valence-electron chi connectivity index (χ2n) is 22.2. The summed E-state index contributed by atoms with van der Waals surface area (Å²) in [6.07, 6.45) is 2.91. The molecule has 0 fully saturated rings. The molecule has 0 atom stereocenters. The van der Waals surface area contributed by atoms with Crippen molar-refractivity contribution < 1.29 is 56.5 Å². The van der Waals surface area contributed by atoms with Crippen LogP contribution in [-0.2, 0) is 16.2 Å². The number of nitrogens with zero attached hydrogens (tertiary/aromatic N) is 5. The van der Waals surface area contributed by atoms with Gasteiger partial charge in [-0.15, -0.1) is 0 Å². The molecule has 0 unspecified atom stereocenters. The molecular formula is C62H66N14O12. The maximum Gasteiger partial charge on any atom is 0.324 e. The lowest BCUT2D eigenvalue weighted by Crippen LogP contribution is -2.19. The van der Waals surface area contributed by atoms with Crippen molar-refractivity contribution in [2.75, 3.05) is 38.9 Å². The predicted octanol–water partition coefficient (Wildman–Crippen LogP) is 12.6. The zero-order valence-electron chi connectivity index (χ0n) is 49.7. The monoisotopic (exact) mass is 1200 g/mol. The van der Waals surface area contributed by atoms with E-state index in [1.807, 2.05) is 62.3 Å². The van der Waals surface area contributed by atoms with E-state index in [0.717, 1.165) is 0 Å². The summed E-state index contributed by atoms with van der Waals surface area (Å²) in [5.41, 5.74) is 12.2. The molecule has 0 bridgehead atoms. The van der Waals surface area contributed by atoms with Crippen LogP contribution in [0.2, 0.25) is 0 Å². The fraction of sp³-hybridized carbons (Fsp3) is 0.210. The van der Waals surface area contributed by atoms with Crippen molar-refractivity contribution in [2.24, 2.45) is 11.5 Å². The number of aromatic nitrogens is 5. The number of primary amides is 2. The standard InChI is InChI=1S/C21H23N5O4.C21H22N4O4.C20H21N5O4/c1-21(2,3)17-12-18(26-30-17)25-20(28)24-13-6-5-7-14(10-13)29-15-8-9-23-16(11-15)19(27)22-4;1-21(2,3)17-12-18(25-29-17)24-20(27)23-14-7-9-15(10-8-14)28-16-6-4-5-13(11-16)19(22)26;1-20(2,3)16-11-17(25-29-16)24-19(27)23-12-5-4-6-13(9-12)28-14-7-8-22-15(10-14)18(21)26/h5-12H,1-4H3,(H,22,27)(H2,24,25,26,28);4-12H,1-3H3,(H2,22,26)(H2,23,24,25,27);4-11H,1-3H3,(H2,21,26)(H2,23,24,25,27). The molecule has 4 aromatic carbocycles. The van der Waals surface area contributed by atoms with Gasteiger partial charge >= 0.3 is 18.1 Å². The second-order valence-corrected chi connectivity index (χ2v) is 22.2. The Bertz CT molecular complexity index is 3910. The molecule has 88 heavy (non-hydrogen) atoms. The van der Waals surface area contributed by atoms with Gasteiger partial charge in [-0.1, -0.05) is 96.0 Å². The first-order valence-corrected chi connectivity index (χ1v) is 27.0. The van der Waals surface area contributed by atoms with E-state index in [-0.39, 0.29) is 33.5 Å². The van der Waals surface area contributed by atoms with Crippen molar-refractivity contribution in [3.8, 4) is 34.5 Å². The first-order chi connectivity index (χ1) is 41.6. The smallest absolute Gasteiger partial charge is 0.324 e. The first-order valence-electron chi connectivity index (χ1n) is 27.0. The van der Waals surface area contributed by atoms with Gasteiger partial charge in [0.05, 0.1) is 0 Å². The maximum absolute atomic E-state index is 12.3. The van der Waals surface area contributed by atoms with Crippen LogP contribution < -0.4 is 62.9 Å². The molecule has 26 nitrogen and oxygen atoms in total. The predicted molar refractivity (Wildman–Crippen MR) is 328 cm³/mol. The fourth-order valence-electron chi connectivity index (χ4n) is 7.24. The van der Waals surface area contributed by atoms with Gasteiger partial charge in [0.2, 0.25) is 5.91 Å². The Morgan fingerprint density at radius 3 is 1.17 bits per heavy atom. The van der Waals surface area contributed by atoms with Crippen molar-refractivity contribution in [1.82, 2.24) is 30.8 Å². The molecule has 5 heterocycles. The van der Waals surface area contributed by atoms with Gasteiger partial charge in [-0.2, -0.15) is 0 Å². The Balaban J connectivity index is 0.000000188. The van der Waals surface area contributed by atoms with E-state index in [0.29, 0.717) is 91.9 Å². The van der Waals surface area contributed by atoms with Crippen molar-refractivity contribution in [1.29, 1.82) is 0 Å². The van der Waals surface area contributed by atoms with Gasteiger partial charge in [-0.05, 0) is 78.9 Å². The van der Waals surface area contributed by atoms with Crippen LogP contribution in [0.25, 0.3) is 0 Å². The number of ether oxygens (including phenoxy) is 3. The highest BCUT2D eigenvalue weighted by atomic mass is 16.5. The molecule has 11 N–H and O–H groups in total. The second kappa shape index (κ2) is 28.3. The number of nitrogens with one attached hydrogen (secondary N) is 7. The third-order valence-corrected chi connectivity index (χ3v) is 11.8. The largest absolute Gasteiger partial charge is 0.457 e. The van der Waals surface area contributed by atoms with Crippen LogP contribution in [0, 0.1) is 0 Å². The van der Waals surface area contributed by atoms with E-state index < -0.39 is 29.9 Å². The number of anilines is 6. The molecule has 0 saturated carbocycles. The highest BCUT2D eigenvalue weighted by molar-refractivity contribution is 6.01. The SMILES string of the molecule is CC(C)(C)c1cc(NC(=O)Nc2ccc(Oc3cccc(C(N)=O)c3)cc2)no1.CC(C)(C)c1cc(NC(=O)Nc2cccc(Oc3ccnc(C(N)=O)c3)c2)no1.CNC(=O)c1cc(Oc2cccc(NC(=O)Nc3cc(C(C)(C)C)on3)c2)ccn1. The van der Waals surface area contributed by atoms with Crippen molar-refractivity contribution >= 4 is 70.3 Å². The van der Waals surface area contributed by atoms with Gasteiger partial charge in [0, 0.05) is 101 Å². The molecule has 9 aromatic rings. The summed E-state index contributed by atoms with van der Waals surface area (Å²) in [5.74, 6) is 4.31. The number of pyridine rings is 2. The number of rotatable bonds is 15. The number of hydrogen-bond donors (Lipinski definition) is 9. The van der Waals surface area contributed by atoms with Crippen molar-refractivity contribution in [3.05, 3.63) is 186 Å². The van der Waals surface area contributed by atoms with Gasteiger partial charge in [-0.25, -0.2) is 14.4 Å². The number of benzene rings is 4. The van der Waals surface area contributed by atoms with Gasteiger partial charge in [0.1, 0.15) is 63.2 Å². The number of hydrogen-bond acceptors (Lipinski definition) is 17. The molecule has 0 aliphatic carbocycles. The molecule has 0 aliphatic rings. The van der Waals surface area contributed by atoms with Gasteiger partial charge in [0.25, 0.3) is 11.8 Å². The molecule has 26 heteroatoms. The minimum absolute atomic E-state index is 0.0957. The minimum atomic E-state index is -0.648. The topological polar surface area (TPSA) is 370 Å². The molecule has 9 rings (SSSR count). The Morgan fingerprint density at radius 2 is 0.773 bits per heavy atom. The van der Waals surface area contributed by atoms with Crippen LogP contribution >= 0.6 is 0 Å². The number of urea groups is 3. The molecule has 9 amide bonds. The molecule has 0 aliphatic heterocycles. The van der Waals surface area contributed by atoms with E-state index in [1.54, 1.807) is 127 Å². The normalized spacial score (nSPS) is 11.0. The molecule has 5 aromatic heterocycles. The van der Waals surface area contributed by atoms with Gasteiger partial charge in [0.15, 0.2) is 17.5 Å². The summed E-state index contributed by atoms with van der Waals surface area (Å²) in [6, 6.07) is 36.8. The Labute approximate surface area is 505 Å². The van der Waals surface area contributed by atoms with E-state index in [1.165, 1.54) is 31.6 Å². The van der Waals surface area contributed by atoms with E-state index in [9.17, 15) is 28.8 Å². The van der Waals surface area contributed by atoms with E-state index >= 15 is 0 Å². The molecular weight excluding hydrogens is 1130 g/mol. The molecule has 456 valence electrons. The minimum Gasteiger partial charge on any atom is -0.457 e. The van der Waals surface area contributed by atoms with Crippen LogP contribution in [0.3, 0.4) is 0 Å². The lowest BCUT2D eigenvalue weighted by atomic mass is 9.93. The Kier molecular flexibility index (Phi) is 20.6. The number of carbonyl (C=O) groups is 6. The third kappa shape index (κ3) is 19.5. The summed E-state index contributed by atoms with van der Waals surface area (Å²) in [6.45, 7) is 17.9. The summed E-state index contributed by atoms with van der Waals surface area (Å²) in [4.78, 5) is 78.7. The van der Waals surface area contributed by atoms with Crippen molar-refractivity contribution in [3.63, 3.8) is 0 Å². The molecule has 0 saturated heterocycles. The highest BCUT2D eigenvalue weighted by Gasteiger charge is 2.23. The van der Waals surface area contributed by atoms with Crippen LogP contribution in [0.15, 0.2) is 165 Å². The average molecular weight is 1200 g/mol. The first kappa shape index (κ1) is 64.0. The van der Waals surface area contributed by atoms with Gasteiger partial charge in [-0.3, -0.25) is 40.3 Å². The van der Waals surface area contributed by atoms with Crippen LogP contribution in [-0.4, -0.2) is 68.3 Å². The fourth-order valence-corrected chi connectivity index (χ4v) is 7.24. The lowest BCUT2D eigenvalue weighted by molar-refractivity contribution is 0.0955. The zero-order valence-corrected chi connectivity index (χ0v) is 49.7. The zero-order chi connectivity index (χ0) is 63.8. The number of amides is 9. The summed E-state index contributed by atoms with van der Waals surface area (Å²) in [5, 5.41) is 30.0. The number of carbonyl (C=O) groups excluding carboxylic acids is 6. The van der Waals surface area contributed by atoms with Gasteiger partial charge < -0.3 is 60.5 Å². The summed E-state index contributed by atoms with van der Waals surface area (Å²) in [7, 11) is 1.53. The summed E-state index contributed by atoms with van der Waals surface area (Å²) >= 11 is 0. The number of nitrogens with two attached hydrogens (primary N) is 2.